The molecule has 4 aromatic heterocycles. The average Bonchev–Trinajstić information content (AvgIpc) is 1.68. The zero-order valence-corrected chi connectivity index (χ0v) is 78.9. The van der Waals surface area contributed by atoms with Crippen LogP contribution in [-0.2, 0) is 114 Å². The highest BCUT2D eigenvalue weighted by Gasteiger charge is 2.44. The predicted molar refractivity (Wildman–Crippen MR) is 506 cm³/mol. The van der Waals surface area contributed by atoms with E-state index in [2.05, 4.69) is 93.7 Å². The fourth-order valence-electron chi connectivity index (χ4n) is 16.4. The molecule has 0 saturated carbocycles. The fourth-order valence-corrected chi connectivity index (χ4v) is 17.2. The van der Waals surface area contributed by atoms with Gasteiger partial charge in [0.05, 0.1) is 38.0 Å². The summed E-state index contributed by atoms with van der Waals surface area (Å²) in [5.74, 6) is -17.6. The quantitative estimate of drug-likeness (QED) is 0.0141. The van der Waals surface area contributed by atoms with Crippen molar-refractivity contribution >= 4 is 140 Å². The molecule has 0 spiro atoms. The maximum Gasteiger partial charge on any atom is 0.246 e. The number of fused-ring (bicyclic) bond motifs is 3. The first-order valence-corrected chi connectivity index (χ1v) is 47.0. The number of unbranched alkanes of at least 4 members (excludes halogenated alkanes) is 2. The summed E-state index contributed by atoms with van der Waals surface area (Å²) in [6.07, 6.45) is 8.12. The van der Waals surface area contributed by atoms with Crippen LogP contribution < -0.4 is 81.0 Å². The number of nitrogens with one attached hydrogen (secondary N) is 17. The van der Waals surface area contributed by atoms with Gasteiger partial charge >= 0.3 is 0 Å². The van der Waals surface area contributed by atoms with E-state index in [-0.39, 0.29) is 96.1 Å². The number of rotatable bonds is 28. The first-order valence-electron chi connectivity index (χ1n) is 45.8. The van der Waals surface area contributed by atoms with Gasteiger partial charge in [0.1, 0.15) is 84.6 Å². The number of imidazole rings is 2. The number of hydrogen-bond donors (Lipinski definition) is 21. The normalized spacial score (nSPS) is 23.5. The Bertz CT molecular complexity index is 5360. The number of aliphatic hydroxyl groups excluding tert-OH is 1. The third-order valence-electron chi connectivity index (χ3n) is 24.0. The Morgan fingerprint density at radius 2 is 0.993 bits per heavy atom. The van der Waals surface area contributed by atoms with Gasteiger partial charge in [0.25, 0.3) is 0 Å². The van der Waals surface area contributed by atoms with Crippen molar-refractivity contribution in [3.8, 4) is 0 Å². The maximum atomic E-state index is 15.8. The van der Waals surface area contributed by atoms with Gasteiger partial charge in [-0.15, -0.1) is 11.8 Å². The molecular weight excluding hydrogens is 1790 g/mol. The third-order valence-corrected chi connectivity index (χ3v) is 25.0. The number of para-hydroxylation sites is 2. The molecule has 17 amide bonds. The number of aliphatic hydroxyl groups is 1. The Morgan fingerprint density at radius 1 is 0.504 bits per heavy atom. The number of carbonyl (C=O) groups excluding carboxylic acids is 17. The second-order valence-corrected chi connectivity index (χ2v) is 35.8. The van der Waals surface area contributed by atoms with Gasteiger partial charge in [-0.2, -0.15) is 0 Å². The molecule has 2 saturated heterocycles. The van der Waals surface area contributed by atoms with Crippen molar-refractivity contribution in [3.63, 3.8) is 0 Å². The molecule has 137 heavy (non-hydrogen) atoms. The minimum absolute atomic E-state index is 0.00241. The lowest BCUT2D eigenvalue weighted by atomic mass is 10.00. The molecule has 3 aromatic carbocycles. The molecule has 2 aliphatic heterocycles. The number of thioether (sulfide) groups is 1. The number of carbonyl (C=O) groups is 17. The van der Waals surface area contributed by atoms with Gasteiger partial charge in [-0.25, -0.2) is 9.97 Å². The maximum absolute atomic E-state index is 15.8. The molecule has 2 aliphatic rings. The lowest BCUT2D eigenvalue weighted by Crippen LogP contribution is -2.62. The van der Waals surface area contributed by atoms with Crippen LogP contribution in [-0.4, -0.2) is 304 Å². The van der Waals surface area contributed by atoms with Gasteiger partial charge in [-0.05, 0) is 86.6 Å². The zero-order chi connectivity index (χ0) is 99.7. The number of aromatic nitrogens is 6. The summed E-state index contributed by atoms with van der Waals surface area (Å²) in [6, 6.07) is 0.877. The largest absolute Gasteiger partial charge is 0.394 e. The molecular formula is C92H128N26O18S. The minimum Gasteiger partial charge on any atom is -0.394 e. The molecule has 0 unspecified atom stereocenters. The number of nitrogens with two attached hydrogens (primary N) is 3. The Kier molecular flexibility index (Phi) is 40.4. The highest BCUT2D eigenvalue weighted by molar-refractivity contribution is 8.00. The summed E-state index contributed by atoms with van der Waals surface area (Å²) in [5.41, 5.74) is 20.3. The Morgan fingerprint density at radius 3 is 1.55 bits per heavy atom. The molecule has 740 valence electrons. The van der Waals surface area contributed by atoms with Crippen LogP contribution in [0, 0.1) is 11.3 Å². The van der Waals surface area contributed by atoms with E-state index < -0.39 is 222 Å². The molecule has 0 bridgehead atoms. The predicted octanol–water partition coefficient (Wildman–Crippen LogP) is -2.15. The summed E-state index contributed by atoms with van der Waals surface area (Å²) in [4.78, 5) is 276. The molecule has 0 radical (unpaired) electrons. The monoisotopic (exact) mass is 1920 g/mol. The highest BCUT2D eigenvalue weighted by Crippen LogP contribution is 2.26. The van der Waals surface area contributed by atoms with Gasteiger partial charge in [0.15, 0.2) is 5.96 Å². The lowest BCUT2D eigenvalue weighted by molar-refractivity contribution is -0.149. The van der Waals surface area contributed by atoms with Gasteiger partial charge in [-0.1, -0.05) is 120 Å². The van der Waals surface area contributed by atoms with E-state index in [0.29, 0.717) is 75.6 Å². The van der Waals surface area contributed by atoms with E-state index in [1.54, 1.807) is 105 Å². The molecule has 24 N–H and O–H groups in total. The lowest BCUT2D eigenvalue weighted by Gasteiger charge is -2.36. The second kappa shape index (κ2) is 52.0. The Balaban J connectivity index is 1.11. The first kappa shape index (κ1) is 106. The summed E-state index contributed by atoms with van der Waals surface area (Å²) < 4.78 is 0. The molecule has 45 heteroatoms. The topological polar surface area (TPSA) is 659 Å². The molecule has 7 aromatic rings. The van der Waals surface area contributed by atoms with Crippen LogP contribution in [0.3, 0.4) is 0 Å². The zero-order valence-electron chi connectivity index (χ0n) is 78.1. The van der Waals surface area contributed by atoms with Crippen LogP contribution in [0.4, 0.5) is 0 Å². The molecule has 0 aliphatic carbocycles. The van der Waals surface area contributed by atoms with Gasteiger partial charge in [0, 0.05) is 130 Å². The number of amides is 17. The van der Waals surface area contributed by atoms with Crippen molar-refractivity contribution in [2.24, 2.45) is 23.1 Å². The van der Waals surface area contributed by atoms with Crippen molar-refractivity contribution in [1.29, 1.82) is 5.41 Å². The number of primary amides is 2. The molecule has 14 atom stereocenters. The number of nitrogens with zero attached hydrogens (tertiary/aromatic N) is 6. The van der Waals surface area contributed by atoms with Crippen LogP contribution >= 0.6 is 11.8 Å². The van der Waals surface area contributed by atoms with Crippen LogP contribution in [0.5, 0.6) is 0 Å². The van der Waals surface area contributed by atoms with E-state index in [1.165, 1.54) is 53.1 Å². The van der Waals surface area contributed by atoms with Crippen LogP contribution in [0.25, 0.3) is 21.8 Å². The van der Waals surface area contributed by atoms with Crippen molar-refractivity contribution in [2.45, 2.75) is 228 Å². The van der Waals surface area contributed by atoms with E-state index in [1.807, 2.05) is 13.8 Å². The number of guanidine groups is 1. The molecule has 6 heterocycles. The smallest absolute Gasteiger partial charge is 0.246 e. The minimum atomic E-state index is -1.89. The van der Waals surface area contributed by atoms with E-state index in [0.717, 1.165) is 31.4 Å². The van der Waals surface area contributed by atoms with E-state index >= 15 is 38.4 Å². The number of likely N-dealkylation sites (N-methyl/N-ethyl adjacent to an activating group) is 3. The first-order chi connectivity index (χ1) is 65.5. The van der Waals surface area contributed by atoms with E-state index in [9.17, 15) is 48.3 Å². The van der Waals surface area contributed by atoms with Crippen molar-refractivity contribution in [1.82, 2.24) is 113 Å². The van der Waals surface area contributed by atoms with E-state index in [4.69, 9.17) is 22.6 Å². The van der Waals surface area contributed by atoms with Crippen molar-refractivity contribution in [3.05, 3.63) is 144 Å². The van der Waals surface area contributed by atoms with Crippen molar-refractivity contribution < 1.29 is 86.6 Å². The summed E-state index contributed by atoms with van der Waals surface area (Å²) >= 11 is 0.792. The fraction of sp³-hybridized carbons (Fsp3) is 0.500. The molecule has 44 nitrogen and oxygen atoms in total. The van der Waals surface area contributed by atoms with Crippen LogP contribution in [0.15, 0.2) is 116 Å². The number of benzene rings is 3. The summed E-state index contributed by atoms with van der Waals surface area (Å²) in [7, 11) is 3.96. The molecule has 2 fully saturated rings. The number of H-pyrrole nitrogens is 4. The Hall–Kier alpha value is -14.3. The third kappa shape index (κ3) is 30.9. The summed E-state index contributed by atoms with van der Waals surface area (Å²) in [6.45, 7) is 6.59. The van der Waals surface area contributed by atoms with Crippen LogP contribution in [0.1, 0.15) is 140 Å². The number of hydrogen-bond acceptors (Lipinski definition) is 22. The van der Waals surface area contributed by atoms with Crippen molar-refractivity contribution in [2.75, 3.05) is 58.9 Å². The average molecular weight is 1920 g/mol. The van der Waals surface area contributed by atoms with Crippen LogP contribution in [0.2, 0.25) is 0 Å². The Labute approximate surface area is 796 Å². The van der Waals surface area contributed by atoms with Gasteiger partial charge in [0.2, 0.25) is 100 Å². The van der Waals surface area contributed by atoms with Gasteiger partial charge in [-0.3, -0.25) is 86.9 Å². The highest BCUT2D eigenvalue weighted by atomic mass is 32.2. The molecule has 9 rings (SSSR count). The SMILES string of the molecule is CCCC[C@H]1C(=O)N(C)[C@@H](CCCC)C(=O)N[C@@H](CCCNC(=N)N)C(=O)N[C@H](C(=O)NCC(N)=O)CSCC(=O)N[C@@H](Cc2ccccc2)C(=O)N(C)[C@@H](C)C(=O)N[C@@H](CC(N)=O)C(=O)N2CCC[C@H]2C(=O)N[C@@H](Cc2cnc[nH]2)C(=O)N[C@@H](CC(C)C)C(=O)N[C@@H](Cc2cnc[nH]2)C(=O)N[C@@H](Cc2c[nH]c3ccccc23)C(=O)N[C@@H](CO)C(=O)N[C@@H](Cc2c[nH]c3ccccc23)C(=O)N1C. The number of aromatic amines is 4. The summed E-state index contributed by atoms with van der Waals surface area (Å²) in [5, 5.41) is 52.5. The second-order valence-electron chi connectivity index (χ2n) is 34.7. The standard InChI is InChI=1S/C92H128N26O18S/c1-9-11-29-72-86(131)106-62(28-20-32-99-92(95)96)80(125)114-71(79(124)102-45-76(94)121)47-137-48-77(122)105-67(35-53-22-14-13-15-23-53)88(133)115(6)52(5)78(123)111-69(40-75(93)120)90(135)118-33-21-31-73(118)87(132)110-66(39-57-44-98-50-104-57)84(129)107-63(34-51(3)4)81(126)109-65(38-56-43-97-49-103-56)83(128)108-64(36-54-41-100-60-26-18-16-24-58(54)60)82(127)113-70(46-119)85(130)112-68(37-55-42-101-61-27-19-17-25-59(55)61)89(134)117(8)74(30-12-10-2)91(136)116(72)7/h13-19,22-27,41-44,49-52,62-74,100-101,119H,9-12,20-21,28-40,45-48H2,1-8H3,(H2,93,120)(H2,94,121)(H,97,103)(H,98,104)(H,102,124)(H,105,122)(H,106,131)(H,107,129)(H,108,128)(H,109,126)(H,110,132)(H,111,123)(H,112,130)(H,113,127)(H,114,125)(H4,95,96,99)/t52-,62-,63-,64-,65-,66-,67-,68-,69-,70-,71-,72-,73-,74-/m0/s1. The van der Waals surface area contributed by atoms with Gasteiger partial charge < -0.3 is 126 Å².